The van der Waals surface area contributed by atoms with Gasteiger partial charge in [-0.25, -0.2) is 0 Å². The summed E-state index contributed by atoms with van der Waals surface area (Å²) in [5.41, 5.74) is 10.6. The van der Waals surface area contributed by atoms with Gasteiger partial charge in [-0.3, -0.25) is 0 Å². The lowest BCUT2D eigenvalue weighted by atomic mass is 9.73. The standard InChI is InChI=1S/C14H15NS/c1-9-6-7-16-14(9)13(15)12-8-10-4-2-3-5-11(10)12/h2-7,12-13H,8,15H2,1H3. The minimum Gasteiger partial charge on any atom is -0.323 e. The van der Waals surface area contributed by atoms with Crippen LogP contribution in [0.25, 0.3) is 0 Å². The van der Waals surface area contributed by atoms with Crippen LogP contribution in [0.3, 0.4) is 0 Å². The molecule has 1 aromatic heterocycles. The molecule has 0 fully saturated rings. The lowest BCUT2D eigenvalue weighted by molar-refractivity contribution is 0.504. The minimum atomic E-state index is 0.176. The summed E-state index contributed by atoms with van der Waals surface area (Å²) in [7, 11) is 0. The van der Waals surface area contributed by atoms with Crippen LogP contribution in [0, 0.1) is 6.92 Å². The van der Waals surface area contributed by atoms with Gasteiger partial charge < -0.3 is 5.73 Å². The normalized spacial score (nSPS) is 20.0. The molecule has 0 saturated heterocycles. The summed E-state index contributed by atoms with van der Waals surface area (Å²) in [6.45, 7) is 2.15. The Kier molecular flexibility index (Phi) is 2.34. The molecule has 0 saturated carbocycles. The van der Waals surface area contributed by atoms with E-state index in [1.807, 2.05) is 0 Å². The summed E-state index contributed by atoms with van der Waals surface area (Å²) in [4.78, 5) is 1.35. The summed E-state index contributed by atoms with van der Waals surface area (Å²) < 4.78 is 0. The third-order valence-corrected chi connectivity index (χ3v) is 4.65. The van der Waals surface area contributed by atoms with E-state index in [1.165, 1.54) is 21.6 Å². The highest BCUT2D eigenvalue weighted by atomic mass is 32.1. The maximum atomic E-state index is 6.37. The van der Waals surface area contributed by atoms with Crippen molar-refractivity contribution in [1.82, 2.24) is 0 Å². The van der Waals surface area contributed by atoms with E-state index in [9.17, 15) is 0 Å². The first-order valence-electron chi connectivity index (χ1n) is 5.65. The molecule has 1 aliphatic rings. The van der Waals surface area contributed by atoms with Gasteiger partial charge in [0, 0.05) is 16.8 Å². The zero-order chi connectivity index (χ0) is 11.1. The number of benzene rings is 1. The van der Waals surface area contributed by atoms with E-state index in [4.69, 9.17) is 5.73 Å². The van der Waals surface area contributed by atoms with Gasteiger partial charge in [0.15, 0.2) is 0 Å². The van der Waals surface area contributed by atoms with Crippen LogP contribution < -0.4 is 5.73 Å². The Morgan fingerprint density at radius 3 is 2.81 bits per heavy atom. The van der Waals surface area contributed by atoms with Gasteiger partial charge in [0.2, 0.25) is 0 Å². The SMILES string of the molecule is Cc1ccsc1C(N)C1Cc2ccccc21. The van der Waals surface area contributed by atoms with Gasteiger partial charge in [-0.2, -0.15) is 0 Å². The van der Waals surface area contributed by atoms with E-state index in [1.54, 1.807) is 11.3 Å². The molecule has 16 heavy (non-hydrogen) atoms. The van der Waals surface area contributed by atoms with Crippen molar-refractivity contribution in [3.05, 3.63) is 57.3 Å². The Morgan fingerprint density at radius 1 is 1.31 bits per heavy atom. The van der Waals surface area contributed by atoms with Gasteiger partial charge in [-0.1, -0.05) is 24.3 Å². The smallest absolute Gasteiger partial charge is 0.0465 e. The van der Waals surface area contributed by atoms with Crippen molar-refractivity contribution in [2.75, 3.05) is 0 Å². The average Bonchev–Trinajstić information content (AvgIpc) is 2.66. The first kappa shape index (κ1) is 10.1. The molecule has 0 radical (unpaired) electrons. The van der Waals surface area contributed by atoms with E-state index in [0.29, 0.717) is 5.92 Å². The number of hydrogen-bond acceptors (Lipinski definition) is 2. The average molecular weight is 229 g/mol. The van der Waals surface area contributed by atoms with Gasteiger partial charge in [-0.05, 0) is 41.5 Å². The van der Waals surface area contributed by atoms with Crippen LogP contribution in [0.15, 0.2) is 35.7 Å². The van der Waals surface area contributed by atoms with Crippen LogP contribution in [0.2, 0.25) is 0 Å². The van der Waals surface area contributed by atoms with E-state index in [-0.39, 0.29) is 6.04 Å². The molecule has 1 aliphatic carbocycles. The summed E-state index contributed by atoms with van der Waals surface area (Å²) in [5.74, 6) is 0.522. The first-order chi connectivity index (χ1) is 7.77. The molecule has 2 heteroatoms. The van der Waals surface area contributed by atoms with E-state index in [2.05, 4.69) is 42.6 Å². The highest BCUT2D eigenvalue weighted by molar-refractivity contribution is 7.10. The van der Waals surface area contributed by atoms with Gasteiger partial charge >= 0.3 is 0 Å². The zero-order valence-electron chi connectivity index (χ0n) is 9.31. The highest BCUT2D eigenvalue weighted by Crippen LogP contribution is 2.43. The summed E-state index contributed by atoms with van der Waals surface area (Å²) in [6, 6.07) is 11.0. The van der Waals surface area contributed by atoms with Crippen LogP contribution in [-0.4, -0.2) is 0 Å². The van der Waals surface area contributed by atoms with Crippen molar-refractivity contribution in [2.24, 2.45) is 5.73 Å². The van der Waals surface area contributed by atoms with Crippen molar-refractivity contribution >= 4 is 11.3 Å². The molecule has 0 aliphatic heterocycles. The Balaban J connectivity index is 1.90. The summed E-state index contributed by atoms with van der Waals surface area (Å²) in [5, 5.41) is 2.13. The molecule has 0 spiro atoms. The lowest BCUT2D eigenvalue weighted by Gasteiger charge is -2.34. The molecule has 1 nitrogen and oxygen atoms in total. The van der Waals surface area contributed by atoms with E-state index < -0.39 is 0 Å². The Hall–Kier alpha value is -1.12. The molecule has 1 aromatic carbocycles. The summed E-state index contributed by atoms with van der Waals surface area (Å²) in [6.07, 6.45) is 1.13. The van der Waals surface area contributed by atoms with E-state index >= 15 is 0 Å². The van der Waals surface area contributed by atoms with Gasteiger partial charge in [-0.15, -0.1) is 11.3 Å². The molecule has 0 bridgehead atoms. The van der Waals surface area contributed by atoms with E-state index in [0.717, 1.165) is 6.42 Å². The van der Waals surface area contributed by atoms with Crippen LogP contribution in [0.1, 0.15) is 33.5 Å². The molecule has 2 unspecified atom stereocenters. The van der Waals surface area contributed by atoms with Crippen LogP contribution >= 0.6 is 11.3 Å². The molecule has 2 aromatic rings. The second-order valence-electron chi connectivity index (χ2n) is 4.50. The lowest BCUT2D eigenvalue weighted by Crippen LogP contribution is -2.28. The van der Waals surface area contributed by atoms with Crippen molar-refractivity contribution in [1.29, 1.82) is 0 Å². The maximum absolute atomic E-state index is 6.37. The van der Waals surface area contributed by atoms with Crippen LogP contribution in [0.5, 0.6) is 0 Å². The number of rotatable bonds is 2. The monoisotopic (exact) mass is 229 g/mol. The van der Waals surface area contributed by atoms with Crippen molar-refractivity contribution in [2.45, 2.75) is 25.3 Å². The van der Waals surface area contributed by atoms with Gasteiger partial charge in [0.25, 0.3) is 0 Å². The third-order valence-electron chi connectivity index (χ3n) is 3.53. The fourth-order valence-corrected chi connectivity index (χ4v) is 3.52. The molecule has 2 N–H and O–H groups in total. The number of hydrogen-bond donors (Lipinski definition) is 1. The maximum Gasteiger partial charge on any atom is 0.0465 e. The molecular weight excluding hydrogens is 214 g/mol. The topological polar surface area (TPSA) is 26.0 Å². The first-order valence-corrected chi connectivity index (χ1v) is 6.52. The van der Waals surface area contributed by atoms with Gasteiger partial charge in [0.05, 0.1) is 0 Å². The quantitative estimate of drug-likeness (QED) is 0.839. The predicted octanol–water partition coefficient (Wildman–Crippen LogP) is 3.40. The largest absolute Gasteiger partial charge is 0.323 e. The molecule has 3 rings (SSSR count). The molecule has 82 valence electrons. The van der Waals surface area contributed by atoms with Crippen LogP contribution in [0.4, 0.5) is 0 Å². The minimum absolute atomic E-state index is 0.176. The third kappa shape index (κ3) is 1.41. The second-order valence-corrected chi connectivity index (χ2v) is 5.45. The fourth-order valence-electron chi connectivity index (χ4n) is 2.53. The molecule has 0 amide bonds. The van der Waals surface area contributed by atoms with Crippen LogP contribution in [-0.2, 0) is 6.42 Å². The van der Waals surface area contributed by atoms with Crippen molar-refractivity contribution in [3.8, 4) is 0 Å². The molecule has 2 atom stereocenters. The number of fused-ring (bicyclic) bond motifs is 1. The predicted molar refractivity (Wildman–Crippen MR) is 68.9 cm³/mol. The number of nitrogens with two attached hydrogens (primary N) is 1. The Bertz CT molecular complexity index is 515. The number of aryl methyl sites for hydroxylation is 1. The zero-order valence-corrected chi connectivity index (χ0v) is 10.1. The molecular formula is C14H15NS. The molecule has 1 heterocycles. The highest BCUT2D eigenvalue weighted by Gasteiger charge is 2.32. The van der Waals surface area contributed by atoms with Crippen molar-refractivity contribution in [3.63, 3.8) is 0 Å². The van der Waals surface area contributed by atoms with Gasteiger partial charge in [0.1, 0.15) is 0 Å². The summed E-state index contributed by atoms with van der Waals surface area (Å²) >= 11 is 1.78. The Labute approximate surface area is 99.9 Å². The fraction of sp³-hybridized carbons (Fsp3) is 0.286. The van der Waals surface area contributed by atoms with Crippen molar-refractivity contribution < 1.29 is 0 Å². The Morgan fingerprint density at radius 2 is 2.12 bits per heavy atom. The number of thiophene rings is 1. The second kappa shape index (κ2) is 3.72.